The Morgan fingerprint density at radius 3 is 2.65 bits per heavy atom. The van der Waals surface area contributed by atoms with Gasteiger partial charge in [-0.3, -0.25) is 9.59 Å². The molecule has 0 saturated heterocycles. The van der Waals surface area contributed by atoms with E-state index in [-0.39, 0.29) is 25.3 Å². The highest BCUT2D eigenvalue weighted by Gasteiger charge is 2.41. The van der Waals surface area contributed by atoms with Gasteiger partial charge in [-0.1, -0.05) is 31.2 Å². The zero-order valence-corrected chi connectivity index (χ0v) is 16.6. The summed E-state index contributed by atoms with van der Waals surface area (Å²) in [7, 11) is 0. The van der Waals surface area contributed by atoms with E-state index in [4.69, 9.17) is 9.47 Å². The first kappa shape index (κ1) is 20.8. The van der Waals surface area contributed by atoms with Crippen LogP contribution in [-0.2, 0) is 24.3 Å². The minimum absolute atomic E-state index is 0.143. The minimum Gasteiger partial charge on any atom is -0.454 e. The van der Waals surface area contributed by atoms with E-state index >= 15 is 0 Å². The second-order valence-electron chi connectivity index (χ2n) is 7.13. The third kappa shape index (κ3) is 4.08. The van der Waals surface area contributed by atoms with E-state index in [1.165, 1.54) is 10.6 Å². The Bertz CT molecular complexity index is 1170. The third-order valence-electron chi connectivity index (χ3n) is 5.11. The first-order valence-corrected chi connectivity index (χ1v) is 9.65. The number of para-hydroxylation sites is 1. The maximum atomic E-state index is 13.1. The smallest absolute Gasteiger partial charge is 0.454 e. The number of carbonyl (C=O) groups is 2. The molecule has 1 amide bonds. The van der Waals surface area contributed by atoms with Crippen LogP contribution in [0.3, 0.4) is 0 Å². The van der Waals surface area contributed by atoms with Crippen molar-refractivity contribution < 1.29 is 32.2 Å². The Morgan fingerprint density at radius 1 is 1.13 bits per heavy atom. The first-order chi connectivity index (χ1) is 14.8. The fourth-order valence-electron chi connectivity index (χ4n) is 3.64. The van der Waals surface area contributed by atoms with Gasteiger partial charge in [-0.05, 0) is 29.7 Å². The van der Waals surface area contributed by atoms with Gasteiger partial charge < -0.3 is 19.4 Å². The molecule has 4 rings (SSSR count). The number of alkyl halides is 3. The molecule has 3 aromatic rings. The largest absolute Gasteiger partial charge is 0.454 e. The van der Waals surface area contributed by atoms with Crippen LogP contribution in [0.25, 0.3) is 10.9 Å². The molecule has 0 saturated carbocycles. The molecule has 0 aliphatic carbocycles. The highest BCUT2D eigenvalue weighted by Crippen LogP contribution is 2.33. The molecule has 2 heterocycles. The SMILES string of the molecule is CCc1cccc2c(C(=O)C(F)(F)F)cn(CC(=O)NCc3ccc4c(c3)OCO4)c12. The van der Waals surface area contributed by atoms with Gasteiger partial charge in [-0.15, -0.1) is 0 Å². The number of ketones is 1. The fourth-order valence-corrected chi connectivity index (χ4v) is 3.64. The van der Waals surface area contributed by atoms with Gasteiger partial charge in [-0.2, -0.15) is 13.2 Å². The van der Waals surface area contributed by atoms with Gasteiger partial charge >= 0.3 is 6.18 Å². The van der Waals surface area contributed by atoms with Crippen LogP contribution in [0.1, 0.15) is 28.4 Å². The lowest BCUT2D eigenvalue weighted by molar-refractivity contribution is -0.121. The number of fused-ring (bicyclic) bond motifs is 2. The van der Waals surface area contributed by atoms with Crippen LogP contribution in [0.2, 0.25) is 0 Å². The van der Waals surface area contributed by atoms with Crippen molar-refractivity contribution in [3.8, 4) is 11.5 Å². The highest BCUT2D eigenvalue weighted by atomic mass is 19.4. The molecular weight excluding hydrogens is 413 g/mol. The monoisotopic (exact) mass is 432 g/mol. The predicted octanol–water partition coefficient (Wildman–Crippen LogP) is 3.99. The molecule has 0 radical (unpaired) electrons. The van der Waals surface area contributed by atoms with Crippen molar-refractivity contribution in [2.45, 2.75) is 32.6 Å². The topological polar surface area (TPSA) is 69.6 Å². The molecule has 1 aromatic heterocycles. The molecule has 0 fully saturated rings. The van der Waals surface area contributed by atoms with Crippen molar-refractivity contribution in [2.24, 2.45) is 0 Å². The molecule has 1 N–H and O–H groups in total. The number of nitrogens with zero attached hydrogens (tertiary/aromatic N) is 1. The number of rotatable bonds is 6. The van der Waals surface area contributed by atoms with Gasteiger partial charge in [0.05, 0.1) is 11.1 Å². The number of aryl methyl sites for hydroxylation is 1. The van der Waals surface area contributed by atoms with Gasteiger partial charge in [0.1, 0.15) is 6.54 Å². The summed E-state index contributed by atoms with van der Waals surface area (Å²) in [6.45, 7) is 1.99. The number of ether oxygens (including phenoxy) is 2. The van der Waals surface area contributed by atoms with Gasteiger partial charge in [0, 0.05) is 18.1 Å². The summed E-state index contributed by atoms with van der Waals surface area (Å²) in [4.78, 5) is 24.5. The van der Waals surface area contributed by atoms with Crippen molar-refractivity contribution in [2.75, 3.05) is 6.79 Å². The van der Waals surface area contributed by atoms with Crippen molar-refractivity contribution in [1.29, 1.82) is 0 Å². The summed E-state index contributed by atoms with van der Waals surface area (Å²) in [6, 6.07) is 10.1. The summed E-state index contributed by atoms with van der Waals surface area (Å²) in [6.07, 6.45) is -3.34. The van der Waals surface area contributed by atoms with E-state index in [1.807, 2.05) is 6.92 Å². The molecule has 0 atom stereocenters. The van der Waals surface area contributed by atoms with E-state index < -0.39 is 23.4 Å². The number of benzene rings is 2. The first-order valence-electron chi connectivity index (χ1n) is 9.65. The summed E-state index contributed by atoms with van der Waals surface area (Å²) in [5, 5.41) is 2.93. The second kappa shape index (κ2) is 7.98. The average Bonchev–Trinajstić information content (AvgIpc) is 3.35. The lowest BCUT2D eigenvalue weighted by Gasteiger charge is -2.10. The standard InChI is InChI=1S/C22H19F3N2O4/c1-2-14-4-3-5-15-16(21(29)22(23,24)25)10-27(20(14)15)11-19(28)26-9-13-6-7-17-18(8-13)31-12-30-17/h3-8,10H,2,9,11-12H2,1H3,(H,26,28). The van der Waals surface area contributed by atoms with Crippen molar-refractivity contribution >= 4 is 22.6 Å². The average molecular weight is 432 g/mol. The zero-order valence-electron chi connectivity index (χ0n) is 16.6. The molecule has 6 nitrogen and oxygen atoms in total. The lowest BCUT2D eigenvalue weighted by atomic mass is 10.0. The summed E-state index contributed by atoms with van der Waals surface area (Å²) in [5.74, 6) is -1.11. The van der Waals surface area contributed by atoms with Gasteiger partial charge in [0.25, 0.3) is 5.78 Å². The van der Waals surface area contributed by atoms with Crippen molar-refractivity contribution in [3.05, 3.63) is 59.3 Å². The molecule has 1 aliphatic heterocycles. The van der Waals surface area contributed by atoms with E-state index in [2.05, 4.69) is 5.32 Å². The van der Waals surface area contributed by atoms with Crippen LogP contribution in [0.5, 0.6) is 11.5 Å². The van der Waals surface area contributed by atoms with Crippen LogP contribution in [-0.4, -0.2) is 29.2 Å². The minimum atomic E-state index is -5.00. The third-order valence-corrected chi connectivity index (χ3v) is 5.11. The maximum Gasteiger partial charge on any atom is 0.454 e. The molecule has 31 heavy (non-hydrogen) atoms. The van der Waals surface area contributed by atoms with E-state index in [0.29, 0.717) is 23.4 Å². The van der Waals surface area contributed by atoms with Crippen molar-refractivity contribution in [1.82, 2.24) is 9.88 Å². The Labute approximate surface area is 175 Å². The molecule has 162 valence electrons. The van der Waals surface area contributed by atoms with Gasteiger partial charge in [0.15, 0.2) is 11.5 Å². The number of Topliss-reactive ketones (excluding diaryl/α,β-unsaturated/α-hetero) is 1. The number of aromatic nitrogens is 1. The Morgan fingerprint density at radius 2 is 1.90 bits per heavy atom. The maximum absolute atomic E-state index is 13.1. The Kier molecular flexibility index (Phi) is 5.34. The number of carbonyl (C=O) groups excluding carboxylic acids is 2. The normalized spacial score (nSPS) is 12.9. The number of nitrogens with one attached hydrogen (secondary N) is 1. The molecule has 1 aliphatic rings. The molecule has 0 unspecified atom stereocenters. The Balaban J connectivity index is 1.57. The van der Waals surface area contributed by atoms with Crippen LogP contribution < -0.4 is 14.8 Å². The second-order valence-corrected chi connectivity index (χ2v) is 7.13. The van der Waals surface area contributed by atoms with Gasteiger partial charge in [0.2, 0.25) is 12.7 Å². The molecule has 0 bridgehead atoms. The molecule has 2 aromatic carbocycles. The van der Waals surface area contributed by atoms with E-state index in [0.717, 1.165) is 17.3 Å². The predicted molar refractivity (Wildman–Crippen MR) is 106 cm³/mol. The molecule has 9 heteroatoms. The molecule has 0 spiro atoms. The van der Waals surface area contributed by atoms with E-state index in [1.54, 1.807) is 30.3 Å². The van der Waals surface area contributed by atoms with Crippen molar-refractivity contribution in [3.63, 3.8) is 0 Å². The number of halogens is 3. The molecular formula is C22H19F3N2O4. The summed E-state index contributed by atoms with van der Waals surface area (Å²) in [5.41, 5.74) is 1.54. The number of amides is 1. The van der Waals surface area contributed by atoms with Crippen LogP contribution in [0, 0.1) is 0 Å². The summed E-state index contributed by atoms with van der Waals surface area (Å²) >= 11 is 0. The lowest BCUT2D eigenvalue weighted by Crippen LogP contribution is -2.27. The van der Waals surface area contributed by atoms with Gasteiger partial charge in [-0.25, -0.2) is 0 Å². The van der Waals surface area contributed by atoms with Crippen LogP contribution in [0.4, 0.5) is 13.2 Å². The van der Waals surface area contributed by atoms with Crippen LogP contribution in [0.15, 0.2) is 42.6 Å². The van der Waals surface area contributed by atoms with E-state index in [9.17, 15) is 22.8 Å². The summed E-state index contributed by atoms with van der Waals surface area (Å²) < 4.78 is 51.1. The number of hydrogen-bond acceptors (Lipinski definition) is 4. The Hall–Kier alpha value is -3.49. The van der Waals surface area contributed by atoms with Crippen LogP contribution >= 0.6 is 0 Å². The quantitative estimate of drug-likeness (QED) is 0.598. The zero-order chi connectivity index (χ0) is 22.2. The number of hydrogen-bond donors (Lipinski definition) is 1. The fraction of sp³-hybridized carbons (Fsp3) is 0.273. The highest BCUT2D eigenvalue weighted by molar-refractivity contribution is 6.11.